The summed E-state index contributed by atoms with van der Waals surface area (Å²) in [7, 11) is 0. The molecular formula is C16H9IO4. The van der Waals surface area contributed by atoms with E-state index in [1.807, 2.05) is 6.07 Å². The predicted molar refractivity (Wildman–Crippen MR) is 86.6 cm³/mol. The minimum absolute atomic E-state index is 0.334. The summed E-state index contributed by atoms with van der Waals surface area (Å²) < 4.78 is 11.3. The molecule has 21 heavy (non-hydrogen) atoms. The molecule has 0 radical (unpaired) electrons. The third kappa shape index (κ3) is 3.13. The Kier molecular flexibility index (Phi) is 3.74. The smallest absolute Gasteiger partial charge is 0.343 e. The maximum atomic E-state index is 12.1. The number of ether oxygens (including phenoxy) is 1. The van der Waals surface area contributed by atoms with Crippen LogP contribution in [0.2, 0.25) is 0 Å². The van der Waals surface area contributed by atoms with Crippen molar-refractivity contribution in [3.8, 4) is 5.75 Å². The van der Waals surface area contributed by atoms with Gasteiger partial charge in [-0.2, -0.15) is 0 Å². The van der Waals surface area contributed by atoms with Crippen LogP contribution in [0.15, 0.2) is 63.8 Å². The Balaban J connectivity index is 1.91. The molecule has 1 aromatic heterocycles. The van der Waals surface area contributed by atoms with E-state index in [2.05, 4.69) is 22.6 Å². The molecule has 0 spiro atoms. The fourth-order valence-electron chi connectivity index (χ4n) is 1.89. The van der Waals surface area contributed by atoms with Gasteiger partial charge in [0.15, 0.2) is 0 Å². The molecule has 1 heterocycles. The second-order valence-corrected chi connectivity index (χ2v) is 5.60. The van der Waals surface area contributed by atoms with E-state index in [4.69, 9.17) is 9.15 Å². The van der Waals surface area contributed by atoms with Gasteiger partial charge in [-0.3, -0.25) is 0 Å². The van der Waals surface area contributed by atoms with Crippen molar-refractivity contribution in [1.29, 1.82) is 0 Å². The summed E-state index contributed by atoms with van der Waals surface area (Å²) in [6.45, 7) is 0. The van der Waals surface area contributed by atoms with Crippen molar-refractivity contribution in [3.63, 3.8) is 0 Å². The van der Waals surface area contributed by atoms with Crippen molar-refractivity contribution in [1.82, 2.24) is 0 Å². The van der Waals surface area contributed by atoms with Gasteiger partial charge in [0.2, 0.25) is 0 Å². The molecule has 3 rings (SSSR count). The van der Waals surface area contributed by atoms with Crippen LogP contribution in [-0.2, 0) is 0 Å². The van der Waals surface area contributed by atoms with Gasteiger partial charge < -0.3 is 9.15 Å². The lowest BCUT2D eigenvalue weighted by Gasteiger charge is -2.05. The van der Waals surface area contributed by atoms with E-state index >= 15 is 0 Å². The number of hydrogen-bond acceptors (Lipinski definition) is 4. The summed E-state index contributed by atoms with van der Waals surface area (Å²) in [6, 6.07) is 15.0. The van der Waals surface area contributed by atoms with Crippen molar-refractivity contribution < 1.29 is 13.9 Å². The molecule has 2 aromatic carbocycles. The van der Waals surface area contributed by atoms with Gasteiger partial charge in [-0.1, -0.05) is 6.07 Å². The Labute approximate surface area is 133 Å². The minimum Gasteiger partial charge on any atom is -0.423 e. The first kappa shape index (κ1) is 13.8. The largest absolute Gasteiger partial charge is 0.423 e. The van der Waals surface area contributed by atoms with Crippen molar-refractivity contribution in [2.75, 3.05) is 0 Å². The molecule has 0 N–H and O–H groups in total. The number of benzene rings is 2. The number of rotatable bonds is 2. The lowest BCUT2D eigenvalue weighted by molar-refractivity contribution is 0.0735. The van der Waals surface area contributed by atoms with Gasteiger partial charge in [0.1, 0.15) is 11.3 Å². The Morgan fingerprint density at radius 3 is 2.67 bits per heavy atom. The lowest BCUT2D eigenvalue weighted by Crippen LogP contribution is -2.08. The van der Waals surface area contributed by atoms with Crippen LogP contribution in [0.1, 0.15) is 10.4 Å². The Bertz CT molecular complexity index is 883. The zero-order valence-corrected chi connectivity index (χ0v) is 12.9. The van der Waals surface area contributed by atoms with E-state index in [-0.39, 0.29) is 0 Å². The van der Waals surface area contributed by atoms with Crippen LogP contribution >= 0.6 is 22.6 Å². The monoisotopic (exact) mass is 392 g/mol. The molecule has 0 aliphatic rings. The molecule has 0 saturated carbocycles. The molecule has 3 aromatic rings. The maximum absolute atomic E-state index is 12.1. The molecule has 104 valence electrons. The predicted octanol–water partition coefficient (Wildman–Crippen LogP) is 3.62. The zero-order valence-electron chi connectivity index (χ0n) is 10.7. The fraction of sp³-hybridized carbons (Fsp3) is 0. The molecular weight excluding hydrogens is 383 g/mol. The maximum Gasteiger partial charge on any atom is 0.343 e. The number of hydrogen-bond donors (Lipinski definition) is 0. The van der Waals surface area contributed by atoms with E-state index in [9.17, 15) is 9.59 Å². The van der Waals surface area contributed by atoms with Crippen molar-refractivity contribution in [3.05, 3.63) is 74.2 Å². The van der Waals surface area contributed by atoms with Gasteiger partial charge in [-0.05, 0) is 59.0 Å². The molecule has 5 heteroatoms. The zero-order chi connectivity index (χ0) is 14.8. The molecule has 0 bridgehead atoms. The van der Waals surface area contributed by atoms with E-state index in [1.54, 1.807) is 36.4 Å². The van der Waals surface area contributed by atoms with Gasteiger partial charge in [0, 0.05) is 21.1 Å². The average molecular weight is 392 g/mol. The number of carbonyl (C=O) groups excluding carboxylic acids is 1. The molecule has 0 aliphatic heterocycles. The number of esters is 1. The minimum atomic E-state index is -0.453. The van der Waals surface area contributed by atoms with Crippen LogP contribution in [0, 0.1) is 3.57 Å². The normalized spacial score (nSPS) is 10.5. The summed E-state index contributed by atoms with van der Waals surface area (Å²) in [5.74, 6) is -0.119. The van der Waals surface area contributed by atoms with Crippen LogP contribution in [0.3, 0.4) is 0 Å². The highest BCUT2D eigenvalue weighted by Gasteiger charge is 2.09. The summed E-state index contributed by atoms with van der Waals surface area (Å²) in [6.07, 6.45) is 0. The van der Waals surface area contributed by atoms with Crippen LogP contribution in [0.25, 0.3) is 11.0 Å². The quantitative estimate of drug-likeness (QED) is 0.289. The van der Waals surface area contributed by atoms with Gasteiger partial charge in [0.05, 0.1) is 5.56 Å². The van der Waals surface area contributed by atoms with E-state index < -0.39 is 11.6 Å². The van der Waals surface area contributed by atoms with Crippen molar-refractivity contribution in [2.24, 2.45) is 0 Å². The van der Waals surface area contributed by atoms with Gasteiger partial charge in [-0.15, -0.1) is 0 Å². The number of carbonyl (C=O) groups is 1. The van der Waals surface area contributed by atoms with Crippen LogP contribution < -0.4 is 10.4 Å². The summed E-state index contributed by atoms with van der Waals surface area (Å²) >= 11 is 2.13. The second-order valence-electron chi connectivity index (χ2n) is 4.35. The molecule has 0 atom stereocenters. The first-order chi connectivity index (χ1) is 10.1. The third-order valence-corrected chi connectivity index (χ3v) is 3.54. The molecule has 0 unspecified atom stereocenters. The molecule has 0 saturated heterocycles. The topological polar surface area (TPSA) is 56.5 Å². The molecule has 0 amide bonds. The van der Waals surface area contributed by atoms with Crippen LogP contribution in [-0.4, -0.2) is 5.97 Å². The number of fused-ring (bicyclic) bond motifs is 1. The van der Waals surface area contributed by atoms with Crippen molar-refractivity contribution in [2.45, 2.75) is 0 Å². The Morgan fingerprint density at radius 1 is 1.05 bits per heavy atom. The van der Waals surface area contributed by atoms with Gasteiger partial charge in [0.25, 0.3) is 0 Å². The van der Waals surface area contributed by atoms with E-state index in [1.165, 1.54) is 12.1 Å². The SMILES string of the molecule is O=C(Oc1ccc2ccc(=O)oc2c1)c1cccc(I)c1. The molecule has 0 aliphatic carbocycles. The highest BCUT2D eigenvalue weighted by atomic mass is 127. The van der Waals surface area contributed by atoms with Crippen molar-refractivity contribution >= 4 is 39.5 Å². The average Bonchev–Trinajstić information content (AvgIpc) is 2.46. The standard InChI is InChI=1S/C16H9IO4/c17-12-3-1-2-11(8-12)16(19)20-13-6-4-10-5-7-15(18)21-14(10)9-13/h1-9H. The Morgan fingerprint density at radius 2 is 1.86 bits per heavy atom. The van der Waals surface area contributed by atoms with Gasteiger partial charge >= 0.3 is 11.6 Å². The van der Waals surface area contributed by atoms with E-state index in [0.29, 0.717) is 16.9 Å². The molecule has 0 fully saturated rings. The third-order valence-electron chi connectivity index (χ3n) is 2.87. The molecule has 4 nitrogen and oxygen atoms in total. The van der Waals surface area contributed by atoms with Crippen LogP contribution in [0.5, 0.6) is 5.75 Å². The second kappa shape index (κ2) is 5.69. The summed E-state index contributed by atoms with van der Waals surface area (Å²) in [4.78, 5) is 23.3. The number of halogens is 1. The fourth-order valence-corrected chi connectivity index (χ4v) is 2.43. The summed E-state index contributed by atoms with van der Waals surface area (Å²) in [5, 5.41) is 0.767. The Hall–Kier alpha value is -2.15. The first-order valence-corrected chi connectivity index (χ1v) is 7.21. The highest BCUT2D eigenvalue weighted by Crippen LogP contribution is 2.20. The highest BCUT2D eigenvalue weighted by molar-refractivity contribution is 14.1. The van der Waals surface area contributed by atoms with Gasteiger partial charge in [-0.25, -0.2) is 9.59 Å². The van der Waals surface area contributed by atoms with Crippen LogP contribution in [0.4, 0.5) is 0 Å². The first-order valence-electron chi connectivity index (χ1n) is 6.13. The lowest BCUT2D eigenvalue weighted by atomic mass is 10.2. The summed E-state index contributed by atoms with van der Waals surface area (Å²) in [5.41, 5.74) is 0.413. The van der Waals surface area contributed by atoms with E-state index in [0.717, 1.165) is 8.96 Å².